The zero-order valence-corrected chi connectivity index (χ0v) is 26.1. The van der Waals surface area contributed by atoms with E-state index in [2.05, 4.69) is 17.2 Å². The van der Waals surface area contributed by atoms with Crippen LogP contribution in [-0.2, 0) is 39.0 Å². The molecular weight excluding hydrogens is 608 g/mol. The van der Waals surface area contributed by atoms with Crippen LogP contribution in [-0.4, -0.2) is 91.0 Å². The van der Waals surface area contributed by atoms with Crippen LogP contribution in [0.1, 0.15) is 39.3 Å². The number of sulfonamides is 1. The quantitative estimate of drug-likeness (QED) is 0.403. The number of rotatable bonds is 7. The molecule has 2 unspecified atom stereocenters. The van der Waals surface area contributed by atoms with Crippen LogP contribution in [0, 0.1) is 0 Å². The Morgan fingerprint density at radius 1 is 1.22 bits per heavy atom. The maximum Gasteiger partial charge on any atom is 0.283 e. The van der Waals surface area contributed by atoms with E-state index in [9.17, 15) is 22.8 Å². The molecule has 1 fully saturated rings. The predicted molar refractivity (Wildman–Crippen MR) is 159 cm³/mol. The van der Waals surface area contributed by atoms with Crippen molar-refractivity contribution in [3.8, 4) is 0 Å². The number of nitrogens with one attached hydrogen (secondary N) is 1. The van der Waals surface area contributed by atoms with E-state index in [1.54, 1.807) is 37.2 Å². The second-order valence-corrected chi connectivity index (χ2v) is 15.2. The molecule has 2 aliphatic heterocycles. The van der Waals surface area contributed by atoms with Crippen molar-refractivity contribution in [3.05, 3.63) is 44.4 Å². The molecule has 15 heteroatoms. The molecule has 3 aromatic rings. The van der Waals surface area contributed by atoms with E-state index >= 15 is 0 Å². The summed E-state index contributed by atoms with van der Waals surface area (Å²) in [4.78, 5) is 47.0. The molecule has 2 aliphatic rings. The van der Waals surface area contributed by atoms with Gasteiger partial charge < -0.3 is 20.9 Å². The number of thiazole rings is 1. The molecule has 1 aromatic carbocycles. The maximum atomic E-state index is 14.1. The number of piperazine rings is 1. The highest BCUT2D eigenvalue weighted by atomic mass is 35.5. The van der Waals surface area contributed by atoms with Crippen molar-refractivity contribution in [3.63, 3.8) is 0 Å². The topological polar surface area (TPSA) is 146 Å². The number of halogens is 1. The first kappa shape index (κ1) is 29.9. The molecule has 0 radical (unpaired) electrons. The minimum atomic E-state index is -4.11. The van der Waals surface area contributed by atoms with Crippen molar-refractivity contribution in [2.45, 2.75) is 49.0 Å². The molecule has 2 atom stereocenters. The van der Waals surface area contributed by atoms with Crippen molar-refractivity contribution >= 4 is 72.1 Å². The van der Waals surface area contributed by atoms with Gasteiger partial charge >= 0.3 is 0 Å². The number of nitrogens with zero attached hydrogens (tertiary/aromatic N) is 4. The Bertz CT molecular complexity index is 1640. The molecule has 3 N–H and O–H groups in total. The zero-order chi connectivity index (χ0) is 29.6. The van der Waals surface area contributed by atoms with E-state index in [0.29, 0.717) is 32.2 Å². The Kier molecular flexibility index (Phi) is 8.43. The van der Waals surface area contributed by atoms with Gasteiger partial charge in [0.2, 0.25) is 11.8 Å². The van der Waals surface area contributed by atoms with Gasteiger partial charge in [0.1, 0.15) is 4.21 Å². The highest BCUT2D eigenvalue weighted by molar-refractivity contribution is 7.91. The Morgan fingerprint density at radius 3 is 2.68 bits per heavy atom. The number of hydrogen-bond acceptors (Lipinski definition) is 9. The molecular formula is C26H31ClN6O5S3. The molecule has 0 aliphatic carbocycles. The van der Waals surface area contributed by atoms with E-state index < -0.39 is 22.0 Å². The molecule has 0 spiro atoms. The maximum absolute atomic E-state index is 14.1. The van der Waals surface area contributed by atoms with Crippen molar-refractivity contribution in [1.82, 2.24) is 24.4 Å². The fourth-order valence-electron chi connectivity index (χ4n) is 5.16. The lowest BCUT2D eigenvalue weighted by atomic mass is 10.1. The number of thiophene rings is 1. The zero-order valence-electron chi connectivity index (χ0n) is 22.8. The Hall–Kier alpha value is -2.62. The van der Waals surface area contributed by atoms with Crippen molar-refractivity contribution in [2.75, 3.05) is 33.7 Å². The Balaban J connectivity index is 1.47. The minimum Gasteiger partial charge on any atom is -0.369 e. The monoisotopic (exact) mass is 638 g/mol. The van der Waals surface area contributed by atoms with Crippen molar-refractivity contribution in [1.29, 1.82) is 0 Å². The number of fused-ring (bicyclic) bond motifs is 2. The summed E-state index contributed by atoms with van der Waals surface area (Å²) in [5, 5.41) is 4.75. The number of carbonyl (C=O) groups excluding carboxylic acids is 3. The average Bonchev–Trinajstić information content (AvgIpc) is 3.49. The van der Waals surface area contributed by atoms with Gasteiger partial charge in [-0.25, -0.2) is 13.4 Å². The predicted octanol–water partition coefficient (Wildman–Crippen LogP) is 2.07. The molecule has 5 rings (SSSR count). The third-order valence-corrected chi connectivity index (χ3v) is 12.2. The number of carbonyl (C=O) groups is 3. The number of hydrogen-bond donors (Lipinski definition) is 2. The molecule has 0 saturated carbocycles. The van der Waals surface area contributed by atoms with Crippen LogP contribution < -0.4 is 11.1 Å². The van der Waals surface area contributed by atoms with Crippen LogP contribution in [0.25, 0.3) is 10.1 Å². The van der Waals surface area contributed by atoms with Crippen LogP contribution in [0.5, 0.6) is 0 Å². The fourth-order valence-corrected chi connectivity index (χ4v) is 9.81. The van der Waals surface area contributed by atoms with Gasteiger partial charge in [-0.15, -0.1) is 22.7 Å². The van der Waals surface area contributed by atoms with Crippen molar-refractivity contribution in [2.24, 2.45) is 5.73 Å². The average molecular weight is 639 g/mol. The first-order valence-electron chi connectivity index (χ1n) is 13.1. The summed E-state index contributed by atoms with van der Waals surface area (Å²) in [6.45, 7) is 2.73. The number of nitrogens with two attached hydrogens (primary N) is 1. The smallest absolute Gasteiger partial charge is 0.283 e. The Labute approximate surface area is 251 Å². The minimum absolute atomic E-state index is 0.0141. The molecule has 41 heavy (non-hydrogen) atoms. The molecule has 0 bridgehead atoms. The Morgan fingerprint density at radius 2 is 1.98 bits per heavy atom. The van der Waals surface area contributed by atoms with E-state index in [1.165, 1.54) is 20.5 Å². The van der Waals surface area contributed by atoms with Crippen molar-refractivity contribution < 1.29 is 22.8 Å². The largest absolute Gasteiger partial charge is 0.369 e. The van der Waals surface area contributed by atoms with Crippen LogP contribution in [0.4, 0.5) is 0 Å². The normalized spacial score (nSPS) is 19.8. The standard InChI is InChI=1S/C26H31ClN6O5S3/c1-14-8-19-21(12-29-14)39-24(30-19)25(36)33-7-6-32(13-16(33)10-23(35)31(2)3)41(37,38)26-18(11-22(28)34)17-5-4-15(27)9-20(17)40-26/h4-5,9,14,16,29H,6-8,10-13H2,1-3H3,(H2,28,34). The van der Waals surface area contributed by atoms with E-state index in [-0.39, 0.29) is 54.5 Å². The van der Waals surface area contributed by atoms with Gasteiger partial charge in [-0.05, 0) is 24.4 Å². The van der Waals surface area contributed by atoms with Gasteiger partial charge in [0.05, 0.1) is 18.2 Å². The number of benzene rings is 1. The van der Waals surface area contributed by atoms with E-state index in [4.69, 9.17) is 17.3 Å². The van der Waals surface area contributed by atoms with Gasteiger partial charge in [0, 0.05) is 79.3 Å². The molecule has 11 nitrogen and oxygen atoms in total. The summed E-state index contributed by atoms with van der Waals surface area (Å²) >= 11 is 8.52. The lowest BCUT2D eigenvalue weighted by Crippen LogP contribution is -2.57. The summed E-state index contributed by atoms with van der Waals surface area (Å²) in [5.74, 6) is -1.19. The van der Waals surface area contributed by atoms with Crippen LogP contribution in [0.3, 0.4) is 0 Å². The summed E-state index contributed by atoms with van der Waals surface area (Å²) < 4.78 is 30.0. The number of primary amides is 1. The third-order valence-electron chi connectivity index (χ3n) is 7.33. The summed E-state index contributed by atoms with van der Waals surface area (Å²) in [5.41, 5.74) is 6.71. The fraction of sp³-hybridized carbons (Fsp3) is 0.462. The number of amides is 3. The van der Waals surface area contributed by atoms with Gasteiger partial charge in [-0.3, -0.25) is 14.4 Å². The second-order valence-electron chi connectivity index (χ2n) is 10.5. The lowest BCUT2D eigenvalue weighted by Gasteiger charge is -2.40. The molecule has 1 saturated heterocycles. The van der Waals surface area contributed by atoms with E-state index in [1.807, 2.05) is 0 Å². The lowest BCUT2D eigenvalue weighted by molar-refractivity contribution is -0.130. The third kappa shape index (κ3) is 5.99. The van der Waals surface area contributed by atoms with Crippen LogP contribution in [0.15, 0.2) is 22.4 Å². The highest BCUT2D eigenvalue weighted by Gasteiger charge is 2.40. The molecule has 2 aromatic heterocycles. The first-order chi connectivity index (χ1) is 19.3. The van der Waals surface area contributed by atoms with Gasteiger partial charge in [-0.2, -0.15) is 4.31 Å². The second kappa shape index (κ2) is 11.6. The van der Waals surface area contributed by atoms with Crippen LogP contribution >= 0.6 is 34.3 Å². The van der Waals surface area contributed by atoms with Gasteiger partial charge in [-0.1, -0.05) is 17.7 Å². The molecule has 3 amide bonds. The summed E-state index contributed by atoms with van der Waals surface area (Å²) in [7, 11) is -0.871. The van der Waals surface area contributed by atoms with Gasteiger partial charge in [0.15, 0.2) is 5.01 Å². The molecule has 4 heterocycles. The number of aromatic nitrogens is 1. The highest BCUT2D eigenvalue weighted by Crippen LogP contribution is 2.39. The van der Waals surface area contributed by atoms with Gasteiger partial charge in [0.25, 0.3) is 15.9 Å². The summed E-state index contributed by atoms with van der Waals surface area (Å²) in [6, 6.07) is 4.53. The SMILES string of the molecule is CC1Cc2nc(C(=O)N3CCN(S(=O)(=O)c4sc5cc(Cl)ccc5c4CC(N)=O)CC3CC(=O)N(C)C)sc2CN1. The first-order valence-corrected chi connectivity index (χ1v) is 16.5. The summed E-state index contributed by atoms with van der Waals surface area (Å²) in [6.07, 6.45) is 0.422. The van der Waals surface area contributed by atoms with Crippen LogP contribution in [0.2, 0.25) is 5.02 Å². The van der Waals surface area contributed by atoms with E-state index in [0.717, 1.165) is 28.3 Å². The molecule has 220 valence electrons.